The van der Waals surface area contributed by atoms with E-state index in [9.17, 15) is 23.1 Å². The fraction of sp³-hybridized carbons (Fsp3) is 0.407. The van der Waals surface area contributed by atoms with E-state index in [0.29, 0.717) is 17.2 Å². The van der Waals surface area contributed by atoms with E-state index in [1.54, 1.807) is 12.1 Å². The van der Waals surface area contributed by atoms with Crippen LogP contribution in [-0.4, -0.2) is 61.9 Å². The van der Waals surface area contributed by atoms with E-state index >= 15 is 0 Å². The molecule has 1 fully saturated rings. The van der Waals surface area contributed by atoms with Crippen LogP contribution in [-0.2, 0) is 14.8 Å². The number of carbonyl (C=O) groups excluding carboxylic acids is 2. The lowest BCUT2D eigenvalue weighted by molar-refractivity contribution is -0.123. The van der Waals surface area contributed by atoms with Gasteiger partial charge in [-0.25, -0.2) is 8.42 Å². The monoisotopic (exact) mass is 558 g/mol. The Morgan fingerprint density at radius 1 is 1.13 bits per heavy atom. The summed E-state index contributed by atoms with van der Waals surface area (Å²) in [6.07, 6.45) is 3.59. The quantitative estimate of drug-likeness (QED) is 0.267. The van der Waals surface area contributed by atoms with Crippen molar-refractivity contribution in [2.24, 2.45) is 5.92 Å². The number of hydrogen-bond donors (Lipinski definition) is 4. The Hall–Kier alpha value is -2.99. The lowest BCUT2D eigenvalue weighted by atomic mass is 9.97. The van der Waals surface area contributed by atoms with E-state index in [-0.39, 0.29) is 29.6 Å². The number of hydrogen-bond acceptors (Lipinski definition) is 7. The molecule has 9 nitrogen and oxygen atoms in total. The highest BCUT2D eigenvalue weighted by molar-refractivity contribution is 7.89. The van der Waals surface area contributed by atoms with Crippen LogP contribution in [0.25, 0.3) is 10.1 Å². The maximum Gasteiger partial charge on any atom is 0.262 e. The first-order valence-electron chi connectivity index (χ1n) is 12.7. The standard InChI is InChI=1S/C27H34N4O5S2/c1-31(38(35,36)25-13-7-5-11-21(25)28)17-20(32)16-29-26(33)22(14-18-8-2-3-9-18)30-27(34)24-15-19-10-4-6-12-23(19)37-24/h4-7,10-13,15,18,20,22,32H,2-3,8-9,14,16-17,28H2,1H3,(H,29,33)(H,30,34)/t20-,22+/m1/s1. The lowest BCUT2D eigenvalue weighted by Crippen LogP contribution is -2.50. The number of benzene rings is 2. The van der Waals surface area contributed by atoms with Gasteiger partial charge in [-0.05, 0) is 42.0 Å². The van der Waals surface area contributed by atoms with Gasteiger partial charge >= 0.3 is 0 Å². The Kier molecular flexibility index (Phi) is 9.03. The lowest BCUT2D eigenvalue weighted by Gasteiger charge is -2.24. The Bertz CT molecular complexity index is 1350. The van der Waals surface area contributed by atoms with Gasteiger partial charge in [0.15, 0.2) is 0 Å². The van der Waals surface area contributed by atoms with Crippen LogP contribution >= 0.6 is 11.3 Å². The Balaban J connectivity index is 1.37. The zero-order valence-corrected chi connectivity index (χ0v) is 22.9. The number of para-hydroxylation sites is 1. The van der Waals surface area contributed by atoms with Gasteiger partial charge in [0, 0.05) is 24.8 Å². The number of likely N-dealkylation sites (N-methyl/N-ethyl adjacent to an activating group) is 1. The molecular formula is C27H34N4O5S2. The van der Waals surface area contributed by atoms with E-state index in [1.165, 1.54) is 30.5 Å². The molecule has 2 amide bonds. The number of amides is 2. The van der Waals surface area contributed by atoms with E-state index < -0.39 is 28.1 Å². The molecule has 0 radical (unpaired) electrons. The smallest absolute Gasteiger partial charge is 0.262 e. The summed E-state index contributed by atoms with van der Waals surface area (Å²) >= 11 is 1.37. The Morgan fingerprint density at radius 3 is 2.53 bits per heavy atom. The number of sulfonamides is 1. The topological polar surface area (TPSA) is 142 Å². The molecule has 1 aromatic heterocycles. The third-order valence-corrected chi connectivity index (χ3v) is 9.91. The van der Waals surface area contributed by atoms with Crippen LogP contribution in [0.4, 0.5) is 5.69 Å². The van der Waals surface area contributed by atoms with Gasteiger partial charge < -0.3 is 21.5 Å². The second-order valence-corrected chi connectivity index (χ2v) is 12.9. The summed E-state index contributed by atoms with van der Waals surface area (Å²) in [5.41, 5.74) is 5.94. The van der Waals surface area contributed by atoms with Crippen LogP contribution in [0.5, 0.6) is 0 Å². The number of anilines is 1. The van der Waals surface area contributed by atoms with Crippen molar-refractivity contribution in [2.75, 3.05) is 25.9 Å². The van der Waals surface area contributed by atoms with Crippen LogP contribution in [0.3, 0.4) is 0 Å². The fourth-order valence-corrected chi connectivity index (χ4v) is 7.10. The number of nitrogens with zero attached hydrogens (tertiary/aromatic N) is 1. The molecule has 4 rings (SSSR count). The molecule has 3 aromatic rings. The minimum Gasteiger partial charge on any atom is -0.398 e. The van der Waals surface area contributed by atoms with Crippen LogP contribution in [0.15, 0.2) is 59.5 Å². The number of thiophene rings is 1. The van der Waals surface area contributed by atoms with Gasteiger partial charge in [-0.3, -0.25) is 9.59 Å². The number of aliphatic hydroxyl groups is 1. The van der Waals surface area contributed by atoms with Crippen LogP contribution in [0.2, 0.25) is 0 Å². The van der Waals surface area contributed by atoms with Crippen molar-refractivity contribution in [2.45, 2.75) is 49.1 Å². The molecule has 0 spiro atoms. The van der Waals surface area contributed by atoms with Crippen LogP contribution in [0.1, 0.15) is 41.8 Å². The SMILES string of the molecule is CN(C[C@H](O)CNC(=O)[C@H](CC1CCCC1)NC(=O)c1cc2ccccc2s1)S(=O)(=O)c1ccccc1N. The number of nitrogens with one attached hydrogen (secondary N) is 2. The number of nitrogens with two attached hydrogens (primary N) is 1. The molecular weight excluding hydrogens is 524 g/mol. The van der Waals surface area contributed by atoms with Crippen molar-refractivity contribution < 1.29 is 23.1 Å². The molecule has 0 bridgehead atoms. The largest absolute Gasteiger partial charge is 0.398 e. The normalized spacial score (nSPS) is 16.0. The minimum absolute atomic E-state index is 0.0423. The fourth-order valence-electron chi connectivity index (χ4n) is 4.82. The number of nitrogen functional groups attached to an aromatic ring is 1. The third kappa shape index (κ3) is 6.71. The van der Waals surface area contributed by atoms with Gasteiger partial charge in [0.1, 0.15) is 10.9 Å². The summed E-state index contributed by atoms with van der Waals surface area (Å²) in [7, 11) is -2.57. The first-order valence-corrected chi connectivity index (χ1v) is 15.0. The van der Waals surface area contributed by atoms with E-state index in [4.69, 9.17) is 5.73 Å². The van der Waals surface area contributed by atoms with Crippen molar-refractivity contribution in [3.63, 3.8) is 0 Å². The molecule has 5 N–H and O–H groups in total. The van der Waals surface area contributed by atoms with Crippen molar-refractivity contribution in [1.82, 2.24) is 14.9 Å². The first kappa shape index (κ1) is 28.0. The minimum atomic E-state index is -3.91. The highest BCUT2D eigenvalue weighted by Gasteiger charge is 2.29. The highest BCUT2D eigenvalue weighted by Crippen LogP contribution is 2.29. The van der Waals surface area contributed by atoms with Crippen LogP contribution in [0, 0.1) is 5.92 Å². The molecule has 0 saturated heterocycles. The molecule has 2 atom stereocenters. The molecule has 1 heterocycles. The summed E-state index contributed by atoms with van der Waals surface area (Å²) in [6.45, 7) is -0.402. The van der Waals surface area contributed by atoms with Gasteiger partial charge in [0.2, 0.25) is 15.9 Å². The van der Waals surface area contributed by atoms with Crippen LogP contribution < -0.4 is 16.4 Å². The summed E-state index contributed by atoms with van der Waals surface area (Å²) in [5, 5.41) is 17.1. The molecule has 0 aliphatic heterocycles. The molecule has 2 aromatic carbocycles. The molecule has 1 saturated carbocycles. The van der Waals surface area contributed by atoms with Gasteiger partial charge in [0.05, 0.1) is 16.7 Å². The second kappa shape index (κ2) is 12.2. The third-order valence-electron chi connectivity index (χ3n) is 6.90. The van der Waals surface area contributed by atoms with E-state index in [2.05, 4.69) is 10.6 Å². The highest BCUT2D eigenvalue weighted by atomic mass is 32.2. The zero-order valence-electron chi connectivity index (χ0n) is 21.3. The van der Waals surface area contributed by atoms with Gasteiger partial charge in [-0.2, -0.15) is 4.31 Å². The maximum absolute atomic E-state index is 13.1. The Morgan fingerprint density at radius 2 is 1.82 bits per heavy atom. The van der Waals surface area contributed by atoms with E-state index in [1.807, 2.05) is 30.3 Å². The van der Waals surface area contributed by atoms with Crippen molar-refractivity contribution in [3.05, 3.63) is 59.5 Å². The first-order chi connectivity index (χ1) is 18.1. The molecule has 38 heavy (non-hydrogen) atoms. The molecule has 1 aliphatic carbocycles. The molecule has 1 aliphatic rings. The molecule has 11 heteroatoms. The summed E-state index contributed by atoms with van der Waals surface area (Å²) < 4.78 is 27.7. The Labute approximate surface area is 227 Å². The number of carbonyl (C=O) groups is 2. The summed E-state index contributed by atoms with van der Waals surface area (Å²) in [5.74, 6) is -0.370. The van der Waals surface area contributed by atoms with Crippen molar-refractivity contribution >= 4 is 48.9 Å². The second-order valence-electron chi connectivity index (χ2n) is 9.78. The van der Waals surface area contributed by atoms with E-state index in [0.717, 1.165) is 40.1 Å². The van der Waals surface area contributed by atoms with Gasteiger partial charge in [-0.1, -0.05) is 56.0 Å². The van der Waals surface area contributed by atoms with Gasteiger partial charge in [0.25, 0.3) is 5.91 Å². The number of rotatable bonds is 11. The molecule has 0 unspecified atom stereocenters. The predicted molar refractivity (Wildman–Crippen MR) is 149 cm³/mol. The predicted octanol–water partition coefficient (Wildman–Crippen LogP) is 2.96. The van der Waals surface area contributed by atoms with Crippen molar-refractivity contribution in [3.8, 4) is 0 Å². The number of aliphatic hydroxyl groups excluding tert-OH is 1. The maximum atomic E-state index is 13.1. The van der Waals surface area contributed by atoms with Crippen molar-refractivity contribution in [1.29, 1.82) is 0 Å². The molecule has 204 valence electrons. The summed E-state index contributed by atoms with van der Waals surface area (Å²) in [6, 6.07) is 14.9. The summed E-state index contributed by atoms with van der Waals surface area (Å²) in [4.78, 5) is 26.7. The number of fused-ring (bicyclic) bond motifs is 1. The average Bonchev–Trinajstić information content (AvgIpc) is 3.57. The van der Waals surface area contributed by atoms with Gasteiger partial charge in [-0.15, -0.1) is 11.3 Å². The zero-order chi connectivity index (χ0) is 27.3. The average molecular weight is 559 g/mol.